The number of carbonyl (C=O) groups is 1. The molecule has 2 aromatic heterocycles. The number of H-pyrrole nitrogens is 1. The van der Waals surface area contributed by atoms with E-state index in [1.54, 1.807) is 16.7 Å². The predicted octanol–water partition coefficient (Wildman–Crippen LogP) is 2.82. The smallest absolute Gasteiger partial charge is 0.270 e. The van der Waals surface area contributed by atoms with Gasteiger partial charge in [-0.25, -0.2) is 14.4 Å². The number of carbonyl (C=O) groups excluding carboxylic acids is 1. The van der Waals surface area contributed by atoms with Gasteiger partial charge in [-0.2, -0.15) is 0 Å². The van der Waals surface area contributed by atoms with Crippen molar-refractivity contribution in [1.82, 2.24) is 24.8 Å². The Morgan fingerprint density at radius 1 is 1.16 bits per heavy atom. The highest BCUT2D eigenvalue weighted by atomic mass is 19.1. The van der Waals surface area contributed by atoms with Crippen molar-refractivity contribution in [3.8, 4) is 5.69 Å². The van der Waals surface area contributed by atoms with Crippen molar-refractivity contribution in [3.05, 3.63) is 78.4 Å². The van der Waals surface area contributed by atoms with Gasteiger partial charge in [-0.15, -0.1) is 0 Å². The summed E-state index contributed by atoms with van der Waals surface area (Å²) in [5, 5.41) is 2.82. The fourth-order valence-electron chi connectivity index (χ4n) is 2.61. The Kier molecular flexibility index (Phi) is 3.74. The van der Waals surface area contributed by atoms with Gasteiger partial charge in [0.05, 0.1) is 30.1 Å². The molecule has 6 nitrogen and oxygen atoms in total. The quantitative estimate of drug-likeness (QED) is 0.602. The number of benzene rings is 2. The molecule has 25 heavy (non-hydrogen) atoms. The Labute approximate surface area is 142 Å². The summed E-state index contributed by atoms with van der Waals surface area (Å²) >= 11 is 0. The molecule has 1 amide bonds. The Morgan fingerprint density at radius 2 is 1.96 bits per heavy atom. The fourth-order valence-corrected chi connectivity index (χ4v) is 2.61. The van der Waals surface area contributed by atoms with E-state index >= 15 is 0 Å². The molecule has 0 unspecified atom stereocenters. The Balaban J connectivity index is 1.52. The van der Waals surface area contributed by atoms with E-state index in [9.17, 15) is 9.18 Å². The maximum atomic E-state index is 13.1. The number of aromatic amines is 1. The first-order valence-electron chi connectivity index (χ1n) is 7.71. The largest absolute Gasteiger partial charge is 0.343 e. The van der Waals surface area contributed by atoms with Crippen LogP contribution in [0.3, 0.4) is 0 Å². The molecule has 0 aliphatic heterocycles. The Bertz CT molecular complexity index is 1000. The lowest BCUT2D eigenvalue weighted by molar-refractivity contribution is 0.0943. The number of nitrogens with one attached hydrogen (secondary N) is 2. The van der Waals surface area contributed by atoms with Crippen LogP contribution < -0.4 is 5.32 Å². The van der Waals surface area contributed by atoms with Crippen LogP contribution in [0.4, 0.5) is 4.39 Å². The van der Waals surface area contributed by atoms with Gasteiger partial charge in [0.25, 0.3) is 5.91 Å². The van der Waals surface area contributed by atoms with Crippen LogP contribution in [0.5, 0.6) is 0 Å². The Hall–Kier alpha value is -3.48. The van der Waals surface area contributed by atoms with Gasteiger partial charge in [-0.05, 0) is 36.4 Å². The Morgan fingerprint density at radius 3 is 2.76 bits per heavy atom. The summed E-state index contributed by atoms with van der Waals surface area (Å²) in [5.41, 5.74) is 2.79. The number of hydrogen-bond acceptors (Lipinski definition) is 3. The van der Waals surface area contributed by atoms with Gasteiger partial charge in [0, 0.05) is 5.69 Å². The van der Waals surface area contributed by atoms with Crippen molar-refractivity contribution in [2.24, 2.45) is 0 Å². The van der Waals surface area contributed by atoms with E-state index in [4.69, 9.17) is 0 Å². The number of aromatic nitrogens is 4. The number of fused-ring (bicyclic) bond motifs is 1. The standard InChI is InChI=1S/C18H14FN5O/c19-12-5-7-13(8-6-12)24-11-20-9-16(24)18(25)21-10-17-22-14-3-1-2-4-15(14)23-17/h1-9,11H,10H2,(H,21,25)(H,22,23). The fraction of sp³-hybridized carbons (Fsp3) is 0.0556. The molecule has 0 saturated heterocycles. The van der Waals surface area contributed by atoms with Crippen LogP contribution >= 0.6 is 0 Å². The van der Waals surface area contributed by atoms with Crippen LogP contribution in [0.15, 0.2) is 61.1 Å². The molecule has 124 valence electrons. The minimum atomic E-state index is -0.334. The minimum Gasteiger partial charge on any atom is -0.343 e. The molecule has 2 N–H and O–H groups in total. The lowest BCUT2D eigenvalue weighted by atomic mass is 10.3. The third-order valence-corrected chi connectivity index (χ3v) is 3.83. The first-order valence-corrected chi connectivity index (χ1v) is 7.71. The highest BCUT2D eigenvalue weighted by Gasteiger charge is 2.13. The zero-order chi connectivity index (χ0) is 17.2. The zero-order valence-electron chi connectivity index (χ0n) is 13.1. The van der Waals surface area contributed by atoms with Gasteiger partial charge in [0.2, 0.25) is 0 Å². The number of nitrogens with zero attached hydrogens (tertiary/aromatic N) is 3. The van der Waals surface area contributed by atoms with Gasteiger partial charge in [0.1, 0.15) is 17.3 Å². The number of halogens is 1. The van der Waals surface area contributed by atoms with Crippen molar-refractivity contribution in [1.29, 1.82) is 0 Å². The molecule has 0 saturated carbocycles. The van der Waals surface area contributed by atoms with Crippen LogP contribution in [-0.4, -0.2) is 25.4 Å². The van der Waals surface area contributed by atoms with Crippen molar-refractivity contribution >= 4 is 16.9 Å². The van der Waals surface area contributed by atoms with Gasteiger partial charge < -0.3 is 10.3 Å². The highest BCUT2D eigenvalue weighted by Crippen LogP contribution is 2.13. The molecule has 0 fully saturated rings. The van der Waals surface area contributed by atoms with Crippen LogP contribution in [0.1, 0.15) is 16.3 Å². The normalized spacial score (nSPS) is 10.9. The average Bonchev–Trinajstić information content (AvgIpc) is 3.27. The molecule has 0 radical (unpaired) electrons. The van der Waals surface area contributed by atoms with Gasteiger partial charge in [0.15, 0.2) is 0 Å². The van der Waals surface area contributed by atoms with Crippen LogP contribution in [0, 0.1) is 5.82 Å². The summed E-state index contributed by atoms with van der Waals surface area (Å²) in [4.78, 5) is 24.1. The number of para-hydroxylation sites is 2. The molecule has 0 atom stereocenters. The molecular formula is C18H14FN5O. The molecule has 2 heterocycles. The van der Waals surface area contributed by atoms with Crippen molar-refractivity contribution < 1.29 is 9.18 Å². The zero-order valence-corrected chi connectivity index (χ0v) is 13.1. The number of imidazole rings is 2. The first kappa shape index (κ1) is 15.1. The van der Waals surface area contributed by atoms with E-state index in [2.05, 4.69) is 20.3 Å². The molecule has 0 aliphatic rings. The van der Waals surface area contributed by atoms with E-state index in [-0.39, 0.29) is 18.3 Å². The summed E-state index contributed by atoms with van der Waals surface area (Å²) in [5.74, 6) is 0.0458. The molecule has 7 heteroatoms. The maximum absolute atomic E-state index is 13.1. The summed E-state index contributed by atoms with van der Waals surface area (Å²) in [7, 11) is 0. The molecule has 0 aliphatic carbocycles. The predicted molar refractivity (Wildman–Crippen MR) is 90.8 cm³/mol. The molecule has 4 rings (SSSR count). The van der Waals surface area contributed by atoms with Crippen LogP contribution in [0.2, 0.25) is 0 Å². The highest BCUT2D eigenvalue weighted by molar-refractivity contribution is 5.93. The minimum absolute atomic E-state index is 0.266. The number of rotatable bonds is 4. The molecule has 2 aromatic carbocycles. The summed E-state index contributed by atoms with van der Waals surface area (Å²) in [6, 6.07) is 13.5. The van der Waals surface area contributed by atoms with Gasteiger partial charge in [-0.1, -0.05) is 12.1 Å². The second kappa shape index (κ2) is 6.20. The lowest BCUT2D eigenvalue weighted by Gasteiger charge is -2.08. The summed E-state index contributed by atoms with van der Waals surface area (Å²) < 4.78 is 14.7. The van der Waals surface area contributed by atoms with E-state index < -0.39 is 0 Å². The van der Waals surface area contributed by atoms with E-state index in [1.165, 1.54) is 24.7 Å². The van der Waals surface area contributed by atoms with Gasteiger partial charge >= 0.3 is 0 Å². The first-order chi connectivity index (χ1) is 12.2. The molecule has 4 aromatic rings. The van der Waals surface area contributed by atoms with Crippen molar-refractivity contribution in [2.45, 2.75) is 6.54 Å². The molecular weight excluding hydrogens is 321 g/mol. The average molecular weight is 335 g/mol. The van der Waals surface area contributed by atoms with Crippen molar-refractivity contribution in [2.75, 3.05) is 0 Å². The van der Waals surface area contributed by atoms with Crippen LogP contribution in [0.25, 0.3) is 16.7 Å². The van der Waals surface area contributed by atoms with E-state index in [0.29, 0.717) is 17.2 Å². The number of hydrogen-bond donors (Lipinski definition) is 2. The van der Waals surface area contributed by atoms with Gasteiger partial charge in [-0.3, -0.25) is 9.36 Å². The summed E-state index contributed by atoms with van der Waals surface area (Å²) in [6.45, 7) is 0.266. The third-order valence-electron chi connectivity index (χ3n) is 3.83. The second-order valence-corrected chi connectivity index (χ2v) is 5.51. The molecule has 0 bridgehead atoms. The topological polar surface area (TPSA) is 75.6 Å². The van der Waals surface area contributed by atoms with E-state index in [1.807, 2.05) is 24.3 Å². The monoisotopic (exact) mass is 335 g/mol. The summed E-state index contributed by atoms with van der Waals surface area (Å²) in [6.07, 6.45) is 2.99. The third kappa shape index (κ3) is 2.99. The SMILES string of the molecule is O=C(NCc1nc2ccccc2[nH]1)c1cncn1-c1ccc(F)cc1. The van der Waals surface area contributed by atoms with Crippen LogP contribution in [-0.2, 0) is 6.54 Å². The molecule has 0 spiro atoms. The van der Waals surface area contributed by atoms with Crippen molar-refractivity contribution in [3.63, 3.8) is 0 Å². The second-order valence-electron chi connectivity index (χ2n) is 5.51. The number of amides is 1. The van der Waals surface area contributed by atoms with E-state index in [0.717, 1.165) is 11.0 Å². The maximum Gasteiger partial charge on any atom is 0.270 e. The lowest BCUT2D eigenvalue weighted by Crippen LogP contribution is -2.25.